The van der Waals surface area contributed by atoms with Crippen molar-refractivity contribution in [3.63, 3.8) is 0 Å². The minimum absolute atomic E-state index is 0.102. The summed E-state index contributed by atoms with van der Waals surface area (Å²) in [7, 11) is 0. The molecule has 4 aromatic rings. The third-order valence-corrected chi connectivity index (χ3v) is 7.09. The van der Waals surface area contributed by atoms with Crippen molar-refractivity contribution < 1.29 is 22.8 Å². The highest BCUT2D eigenvalue weighted by Gasteiger charge is 2.30. The van der Waals surface area contributed by atoms with E-state index in [-0.39, 0.29) is 20.5 Å². The van der Waals surface area contributed by atoms with E-state index in [0.29, 0.717) is 5.69 Å². The van der Waals surface area contributed by atoms with Gasteiger partial charge in [0.15, 0.2) is 5.78 Å². The van der Waals surface area contributed by atoms with Gasteiger partial charge in [-0.3, -0.25) is 19.0 Å². The molecule has 0 atom stereocenters. The number of ketones is 1. The molecule has 0 fully saturated rings. The van der Waals surface area contributed by atoms with Gasteiger partial charge in [0.05, 0.1) is 10.1 Å². The molecule has 40 heavy (non-hydrogen) atoms. The zero-order valence-electron chi connectivity index (χ0n) is 22.1. The first-order valence-electron chi connectivity index (χ1n) is 12.4. The van der Waals surface area contributed by atoms with Crippen molar-refractivity contribution in [3.05, 3.63) is 110 Å². The average Bonchev–Trinajstić information content (AvgIpc) is 3.17. The maximum absolute atomic E-state index is 13.4. The number of halogens is 3. The van der Waals surface area contributed by atoms with E-state index in [1.165, 1.54) is 28.9 Å². The van der Waals surface area contributed by atoms with E-state index in [1.54, 1.807) is 32.9 Å². The second-order valence-electron chi connectivity index (χ2n) is 10.2. The molecule has 0 aliphatic carbocycles. The summed E-state index contributed by atoms with van der Waals surface area (Å²) in [6.45, 7) is 4.79. The van der Waals surface area contributed by atoms with Crippen molar-refractivity contribution in [1.82, 2.24) is 4.57 Å². The van der Waals surface area contributed by atoms with Gasteiger partial charge in [0.1, 0.15) is 11.2 Å². The summed E-state index contributed by atoms with van der Waals surface area (Å²) in [6, 6.07) is 21.3. The number of hydrogen-bond donors (Lipinski definition) is 1. The monoisotopic (exact) mass is 564 g/mol. The summed E-state index contributed by atoms with van der Waals surface area (Å²) < 4.78 is 41.1. The van der Waals surface area contributed by atoms with Gasteiger partial charge in [0, 0.05) is 22.7 Å². The number of aromatic nitrogens is 1. The number of thiazole rings is 1. The normalized spacial score (nSPS) is 12.9. The van der Waals surface area contributed by atoms with Crippen LogP contribution in [0.25, 0.3) is 23.3 Å². The number of nitrogens with zero attached hydrogens (tertiary/aromatic N) is 1. The van der Waals surface area contributed by atoms with Gasteiger partial charge in [-0.05, 0) is 35.4 Å². The molecule has 0 saturated carbocycles. The van der Waals surface area contributed by atoms with Crippen LogP contribution in [-0.2, 0) is 22.3 Å². The van der Waals surface area contributed by atoms with Crippen molar-refractivity contribution >= 4 is 40.9 Å². The SMILES string of the molecule is CC(C)(C)C(=O)/C=c1/s/c(=C\c2cccc(C(F)(F)F)c2)c(=O)n1CC(=O)Nc1ccccc1-c1ccccc1. The third kappa shape index (κ3) is 6.84. The van der Waals surface area contributed by atoms with E-state index in [1.807, 2.05) is 42.5 Å². The maximum atomic E-state index is 13.4. The van der Waals surface area contributed by atoms with E-state index in [9.17, 15) is 27.6 Å². The molecule has 0 aliphatic rings. The summed E-state index contributed by atoms with van der Waals surface area (Å²) in [5, 5.41) is 2.85. The molecule has 0 aliphatic heterocycles. The molecule has 0 saturated heterocycles. The van der Waals surface area contributed by atoms with Crippen LogP contribution in [0.5, 0.6) is 0 Å². The lowest BCUT2D eigenvalue weighted by Gasteiger charge is -2.13. The molecule has 206 valence electrons. The highest BCUT2D eigenvalue weighted by molar-refractivity contribution is 7.07. The minimum atomic E-state index is -4.54. The molecule has 9 heteroatoms. The zero-order valence-corrected chi connectivity index (χ0v) is 22.9. The fraction of sp³-hybridized carbons (Fsp3) is 0.194. The van der Waals surface area contributed by atoms with Crippen LogP contribution in [0.1, 0.15) is 31.9 Å². The lowest BCUT2D eigenvalue weighted by Crippen LogP contribution is -2.36. The van der Waals surface area contributed by atoms with Gasteiger partial charge in [-0.25, -0.2) is 0 Å². The predicted octanol–water partition coefficient (Wildman–Crippen LogP) is 5.46. The average molecular weight is 565 g/mol. The zero-order chi connectivity index (χ0) is 29.1. The molecule has 3 aromatic carbocycles. The van der Waals surface area contributed by atoms with Gasteiger partial charge in [-0.2, -0.15) is 13.2 Å². The molecule has 1 aromatic heterocycles. The van der Waals surface area contributed by atoms with Crippen LogP contribution < -0.4 is 20.1 Å². The number of nitrogens with one attached hydrogen (secondary N) is 1. The molecule has 4 rings (SSSR count). The number of carbonyl (C=O) groups excluding carboxylic acids is 2. The summed E-state index contributed by atoms with van der Waals surface area (Å²) >= 11 is 0.944. The van der Waals surface area contributed by atoms with Gasteiger partial charge in [-0.1, -0.05) is 81.4 Å². The smallest absolute Gasteiger partial charge is 0.324 e. The summed E-state index contributed by atoms with van der Waals surface area (Å²) in [4.78, 5) is 39.4. The fourth-order valence-corrected chi connectivity index (χ4v) is 4.91. The second kappa shape index (κ2) is 11.5. The van der Waals surface area contributed by atoms with Crippen molar-refractivity contribution in [3.8, 4) is 11.1 Å². The molecule has 5 nitrogen and oxygen atoms in total. The van der Waals surface area contributed by atoms with Crippen LogP contribution in [0.3, 0.4) is 0 Å². The van der Waals surface area contributed by atoms with E-state index in [0.717, 1.165) is 34.6 Å². The van der Waals surface area contributed by atoms with Crippen molar-refractivity contribution in [2.75, 3.05) is 5.32 Å². The first-order chi connectivity index (χ1) is 18.8. The molecule has 0 bridgehead atoms. The van der Waals surface area contributed by atoms with E-state index < -0.39 is 35.2 Å². The highest BCUT2D eigenvalue weighted by atomic mass is 32.1. The Labute approximate surface area is 232 Å². The standard InChI is InChI=1S/C31H27F3N2O3S/c1-30(2,3)26(37)18-28-36(29(39)25(40-28)17-20-10-9-13-22(16-20)31(32,33)34)19-27(38)35-24-15-8-7-14-23(24)21-11-5-4-6-12-21/h4-18H,19H2,1-3H3,(H,35,38)/b25-17-,28-18+. The summed E-state index contributed by atoms with van der Waals surface area (Å²) in [6.07, 6.45) is -1.90. The van der Waals surface area contributed by atoms with Crippen molar-refractivity contribution in [2.45, 2.75) is 33.5 Å². The largest absolute Gasteiger partial charge is 0.416 e. The lowest BCUT2D eigenvalue weighted by atomic mass is 9.91. The molecular weight excluding hydrogens is 537 g/mol. The predicted molar refractivity (Wildman–Crippen MR) is 152 cm³/mol. The first kappa shape index (κ1) is 28.8. The Bertz CT molecular complexity index is 1730. The number of Topliss-reactive ketones (excluding diaryl/α,β-unsaturated/α-hetero) is 1. The van der Waals surface area contributed by atoms with Gasteiger partial charge >= 0.3 is 6.18 Å². The van der Waals surface area contributed by atoms with Crippen LogP contribution in [0.4, 0.5) is 18.9 Å². The molecule has 0 unspecified atom stereocenters. The topological polar surface area (TPSA) is 68.2 Å². The molecule has 0 radical (unpaired) electrons. The lowest BCUT2D eigenvalue weighted by molar-refractivity contribution is -0.137. The van der Waals surface area contributed by atoms with E-state index in [4.69, 9.17) is 0 Å². The van der Waals surface area contributed by atoms with Crippen molar-refractivity contribution in [2.24, 2.45) is 5.41 Å². The van der Waals surface area contributed by atoms with E-state index >= 15 is 0 Å². The van der Waals surface area contributed by atoms with Crippen LogP contribution in [0.2, 0.25) is 0 Å². The number of anilines is 1. The number of amides is 1. The highest BCUT2D eigenvalue weighted by Crippen LogP contribution is 2.30. The third-order valence-electron chi connectivity index (χ3n) is 6.03. The summed E-state index contributed by atoms with van der Waals surface area (Å²) in [5.74, 6) is -0.755. The van der Waals surface area contributed by atoms with Crippen molar-refractivity contribution in [1.29, 1.82) is 0 Å². The maximum Gasteiger partial charge on any atom is 0.416 e. The number of hydrogen-bond acceptors (Lipinski definition) is 4. The van der Waals surface area contributed by atoms with Gasteiger partial charge in [-0.15, -0.1) is 11.3 Å². The van der Waals surface area contributed by atoms with Gasteiger partial charge in [0.25, 0.3) is 5.56 Å². The van der Waals surface area contributed by atoms with Crippen LogP contribution in [-0.4, -0.2) is 16.3 Å². The summed E-state index contributed by atoms with van der Waals surface area (Å²) in [5.41, 5.74) is 0.249. The molecule has 1 heterocycles. The first-order valence-corrected chi connectivity index (χ1v) is 13.2. The van der Waals surface area contributed by atoms with E-state index in [2.05, 4.69) is 5.32 Å². The molecule has 1 amide bonds. The Morgan fingerprint density at radius 2 is 1.60 bits per heavy atom. The minimum Gasteiger partial charge on any atom is -0.324 e. The number of benzene rings is 3. The van der Waals surface area contributed by atoms with Crippen LogP contribution >= 0.6 is 11.3 Å². The quantitative estimate of drug-likeness (QED) is 0.338. The van der Waals surface area contributed by atoms with Gasteiger partial charge < -0.3 is 5.32 Å². The number of carbonyl (C=O) groups is 2. The Morgan fingerprint density at radius 1 is 0.925 bits per heavy atom. The van der Waals surface area contributed by atoms with Crippen LogP contribution in [0, 0.1) is 5.41 Å². The Kier molecular flexibility index (Phi) is 8.25. The Morgan fingerprint density at radius 3 is 2.27 bits per heavy atom. The number of alkyl halides is 3. The Balaban J connectivity index is 1.75. The number of para-hydroxylation sites is 1. The number of rotatable bonds is 6. The molecule has 1 N–H and O–H groups in total. The van der Waals surface area contributed by atoms with Crippen LogP contribution in [0.15, 0.2) is 83.7 Å². The fourth-order valence-electron chi connectivity index (χ4n) is 3.87. The molecular formula is C31H27F3N2O3S. The molecule has 0 spiro atoms. The van der Waals surface area contributed by atoms with Gasteiger partial charge in [0.2, 0.25) is 5.91 Å². The second-order valence-corrected chi connectivity index (χ2v) is 11.2. The Hall–Kier alpha value is -4.24.